The van der Waals surface area contributed by atoms with Crippen LogP contribution in [0.1, 0.15) is 310 Å². The Hall–Kier alpha value is 0.430. The zero-order valence-corrected chi connectivity index (χ0v) is 39.4. The van der Waals surface area contributed by atoms with Gasteiger partial charge in [0.2, 0.25) is 0 Å². The summed E-state index contributed by atoms with van der Waals surface area (Å²) in [5.41, 5.74) is 0. The van der Waals surface area contributed by atoms with E-state index in [1.807, 2.05) is 0 Å². The first-order valence-electron chi connectivity index (χ1n) is 26.2. The Morgan fingerprint density at radius 3 is 0.396 bits per heavy atom. The van der Waals surface area contributed by atoms with Crippen molar-refractivity contribution in [2.45, 2.75) is 310 Å². The molecule has 0 fully saturated rings. The van der Waals surface area contributed by atoms with Crippen molar-refractivity contribution >= 4 is 7.26 Å². The van der Waals surface area contributed by atoms with Crippen LogP contribution >= 0.6 is 7.26 Å². The van der Waals surface area contributed by atoms with Crippen molar-refractivity contribution < 1.29 is 0 Å². The molecule has 0 saturated heterocycles. The first-order valence-corrected chi connectivity index (χ1v) is 29.1. The molecule has 0 radical (unpaired) electrons. The summed E-state index contributed by atoms with van der Waals surface area (Å²) >= 11 is 0. The molecule has 0 aliphatic carbocycles. The van der Waals surface area contributed by atoms with E-state index < -0.39 is 7.26 Å². The monoisotopic (exact) mass is 765 g/mol. The van der Waals surface area contributed by atoms with Gasteiger partial charge < -0.3 is 0 Å². The molecule has 0 aliphatic rings. The van der Waals surface area contributed by atoms with E-state index in [-0.39, 0.29) is 0 Å². The zero-order valence-electron chi connectivity index (χ0n) is 38.4. The maximum atomic E-state index is 2.34. The van der Waals surface area contributed by atoms with Gasteiger partial charge >= 0.3 is 316 Å². The summed E-state index contributed by atoms with van der Waals surface area (Å²) in [6.45, 7) is 9.36. The second kappa shape index (κ2) is 46.8. The van der Waals surface area contributed by atoms with E-state index >= 15 is 0 Å². The molecule has 0 aromatic heterocycles. The standard InChI is InChI=1S/C52H109P/c1-5-9-13-17-21-25-29-30-31-32-36-40-44-48-52-53(49-45-41-37-33-26-22-18-14-10-6-2,50-46-42-38-34-27-23-19-15-11-7-3)51-47-43-39-35-28-24-20-16-12-8-4/h53H,5-52H2,1-4H3. The van der Waals surface area contributed by atoms with Crippen molar-refractivity contribution in [1.29, 1.82) is 0 Å². The minimum absolute atomic E-state index is 1.17. The second-order valence-electron chi connectivity index (χ2n) is 18.6. The summed E-state index contributed by atoms with van der Waals surface area (Å²) in [6.07, 6.45) is 72.5. The quantitative estimate of drug-likeness (QED) is 0.0428. The number of hydrogen-bond acceptors (Lipinski definition) is 0. The van der Waals surface area contributed by atoms with Crippen LogP contribution in [0.4, 0.5) is 0 Å². The van der Waals surface area contributed by atoms with Gasteiger partial charge in [0.25, 0.3) is 0 Å². The molecule has 0 aromatic carbocycles. The average Bonchev–Trinajstić information content (AvgIpc) is 3.17. The van der Waals surface area contributed by atoms with Crippen molar-refractivity contribution in [3.05, 3.63) is 0 Å². The molecule has 53 heavy (non-hydrogen) atoms. The van der Waals surface area contributed by atoms with Crippen LogP contribution in [0.3, 0.4) is 0 Å². The Morgan fingerprint density at radius 1 is 0.151 bits per heavy atom. The van der Waals surface area contributed by atoms with E-state index in [1.54, 1.807) is 76.0 Å². The Bertz CT molecular complexity index is 567. The van der Waals surface area contributed by atoms with Crippen LogP contribution in [0.15, 0.2) is 0 Å². The van der Waals surface area contributed by atoms with Crippen LogP contribution in [0.25, 0.3) is 0 Å². The molecular weight excluding hydrogens is 656 g/mol. The first-order chi connectivity index (χ1) is 26.2. The van der Waals surface area contributed by atoms with Crippen LogP contribution in [0, 0.1) is 0 Å². The molecule has 0 saturated carbocycles. The summed E-state index contributed by atoms with van der Waals surface area (Å²) in [6, 6.07) is 0. The Morgan fingerprint density at radius 2 is 0.264 bits per heavy atom. The number of hydrogen-bond donors (Lipinski definition) is 0. The topological polar surface area (TPSA) is 0 Å². The van der Waals surface area contributed by atoms with Gasteiger partial charge in [-0.2, -0.15) is 0 Å². The van der Waals surface area contributed by atoms with Crippen molar-refractivity contribution in [1.82, 2.24) is 0 Å². The van der Waals surface area contributed by atoms with Gasteiger partial charge in [0, 0.05) is 0 Å². The molecule has 0 heterocycles. The fraction of sp³-hybridized carbons (Fsp3) is 1.00. The van der Waals surface area contributed by atoms with E-state index in [4.69, 9.17) is 0 Å². The molecule has 1 heteroatoms. The third-order valence-electron chi connectivity index (χ3n) is 13.2. The van der Waals surface area contributed by atoms with Gasteiger partial charge in [-0.1, -0.05) is 26.2 Å². The van der Waals surface area contributed by atoms with Gasteiger partial charge in [0.15, 0.2) is 0 Å². The van der Waals surface area contributed by atoms with E-state index in [1.165, 1.54) is 231 Å². The van der Waals surface area contributed by atoms with Crippen LogP contribution in [-0.2, 0) is 0 Å². The van der Waals surface area contributed by atoms with Crippen LogP contribution in [0.5, 0.6) is 0 Å². The summed E-state index contributed by atoms with van der Waals surface area (Å²) < 4.78 is 0. The van der Waals surface area contributed by atoms with Crippen molar-refractivity contribution in [2.75, 3.05) is 24.6 Å². The number of unbranched alkanes of at least 4 members (excludes halogenated alkanes) is 40. The fourth-order valence-corrected chi connectivity index (χ4v) is 14.9. The Balaban J connectivity index is 4.84. The molecule has 0 rings (SSSR count). The van der Waals surface area contributed by atoms with Crippen LogP contribution in [0.2, 0.25) is 0 Å². The SMILES string of the molecule is CCCCCCCCCCCCCCCC[PH](CCCCCCCCCCCC)(CCCCCCCCCCCC)CCCCCCCCCCCC. The predicted octanol–water partition coefficient (Wildman–Crippen LogP) is 20.0. The fourth-order valence-electron chi connectivity index (χ4n) is 9.41. The minimum atomic E-state index is -1.17. The van der Waals surface area contributed by atoms with Crippen LogP contribution < -0.4 is 0 Å². The van der Waals surface area contributed by atoms with Gasteiger partial charge in [0.1, 0.15) is 0 Å². The summed E-state index contributed by atoms with van der Waals surface area (Å²) in [4.78, 5) is 0. The Labute approximate surface area is 340 Å². The molecule has 0 unspecified atom stereocenters. The third kappa shape index (κ3) is 41.9. The van der Waals surface area contributed by atoms with Gasteiger partial charge in [0.05, 0.1) is 0 Å². The van der Waals surface area contributed by atoms with E-state index in [9.17, 15) is 0 Å². The normalized spacial score (nSPS) is 12.3. The summed E-state index contributed by atoms with van der Waals surface area (Å²) in [5.74, 6) is 0. The molecule has 322 valence electrons. The summed E-state index contributed by atoms with van der Waals surface area (Å²) in [7, 11) is -1.17. The molecule has 0 aliphatic heterocycles. The van der Waals surface area contributed by atoms with Gasteiger partial charge in [-0.3, -0.25) is 0 Å². The molecule has 0 aromatic rings. The molecule has 0 bridgehead atoms. The van der Waals surface area contributed by atoms with Crippen LogP contribution in [-0.4, -0.2) is 24.6 Å². The molecule has 0 N–H and O–H groups in total. The second-order valence-corrected chi connectivity index (χ2v) is 23.6. The maximum absolute atomic E-state index is 2.34. The van der Waals surface area contributed by atoms with Crippen molar-refractivity contribution in [3.63, 3.8) is 0 Å². The van der Waals surface area contributed by atoms with Gasteiger partial charge in [-0.05, 0) is 0 Å². The molecule has 0 atom stereocenters. The van der Waals surface area contributed by atoms with Crippen molar-refractivity contribution in [2.24, 2.45) is 0 Å². The summed E-state index contributed by atoms with van der Waals surface area (Å²) in [5, 5.41) is 0. The van der Waals surface area contributed by atoms with Gasteiger partial charge in [-0.25, -0.2) is 0 Å². The number of rotatable bonds is 48. The average molecular weight is 765 g/mol. The molecule has 0 nitrogen and oxygen atoms in total. The van der Waals surface area contributed by atoms with E-state index in [0.29, 0.717) is 0 Å². The first kappa shape index (κ1) is 53.4. The predicted molar refractivity (Wildman–Crippen MR) is 254 cm³/mol. The third-order valence-corrected chi connectivity index (χ3v) is 18.9. The molecular formula is C52H109P. The Kier molecular flexibility index (Phi) is 47.2. The van der Waals surface area contributed by atoms with E-state index in [2.05, 4.69) is 27.7 Å². The van der Waals surface area contributed by atoms with E-state index in [0.717, 1.165) is 0 Å². The van der Waals surface area contributed by atoms with Gasteiger partial charge in [-0.15, -0.1) is 0 Å². The van der Waals surface area contributed by atoms with Crippen molar-refractivity contribution in [3.8, 4) is 0 Å². The zero-order chi connectivity index (χ0) is 38.4. The molecule has 0 amide bonds. The molecule has 0 spiro atoms.